The zero-order valence-electron chi connectivity index (χ0n) is 10.5. The molecule has 1 aliphatic rings. The van der Waals surface area contributed by atoms with Gasteiger partial charge in [-0.25, -0.2) is 17.7 Å². The molecule has 0 unspecified atom stereocenters. The Morgan fingerprint density at radius 2 is 1.95 bits per heavy atom. The average Bonchev–Trinajstić information content (AvgIpc) is 2.54. The van der Waals surface area contributed by atoms with Crippen LogP contribution in [0.15, 0.2) is 12.3 Å². The predicted octanol–water partition coefficient (Wildman–Crippen LogP) is 1.86. The summed E-state index contributed by atoms with van der Waals surface area (Å²) in [5.41, 5.74) is 0. The van der Waals surface area contributed by atoms with Crippen molar-refractivity contribution in [2.24, 2.45) is 0 Å². The maximum Gasteiger partial charge on any atom is 0.211 e. The number of nitrogens with zero attached hydrogens (tertiary/aromatic N) is 3. The summed E-state index contributed by atoms with van der Waals surface area (Å²) in [7, 11) is -3.14. The molecule has 0 aromatic carbocycles. The normalized spacial score (nSPS) is 18.4. The summed E-state index contributed by atoms with van der Waals surface area (Å²) >= 11 is 11.9. The van der Waals surface area contributed by atoms with Gasteiger partial charge in [-0.05, 0) is 12.5 Å². The number of rotatable bonds is 2. The first kappa shape index (κ1) is 14.8. The summed E-state index contributed by atoms with van der Waals surface area (Å²) in [6, 6.07) is 1.64. The number of hydrogen-bond acceptors (Lipinski definition) is 4. The third kappa shape index (κ3) is 3.72. The van der Waals surface area contributed by atoms with E-state index in [1.807, 2.05) is 4.90 Å². The van der Waals surface area contributed by atoms with E-state index in [2.05, 4.69) is 4.98 Å². The average molecular weight is 324 g/mol. The van der Waals surface area contributed by atoms with Gasteiger partial charge < -0.3 is 4.90 Å². The van der Waals surface area contributed by atoms with Gasteiger partial charge in [0.25, 0.3) is 0 Å². The Morgan fingerprint density at radius 3 is 2.58 bits per heavy atom. The van der Waals surface area contributed by atoms with Crippen molar-refractivity contribution < 1.29 is 8.42 Å². The van der Waals surface area contributed by atoms with Crippen LogP contribution in [0.4, 0.5) is 5.82 Å². The molecule has 1 aliphatic heterocycles. The SMILES string of the molecule is CS(=O)(=O)N1CCCN(c2ncc(Cl)cc2Cl)CC1. The third-order valence-corrected chi connectivity index (χ3v) is 4.80. The molecule has 1 saturated heterocycles. The van der Waals surface area contributed by atoms with Gasteiger partial charge in [-0.3, -0.25) is 0 Å². The van der Waals surface area contributed by atoms with Crippen molar-refractivity contribution in [3.8, 4) is 0 Å². The Morgan fingerprint density at radius 1 is 1.21 bits per heavy atom. The first-order chi connectivity index (χ1) is 8.88. The van der Waals surface area contributed by atoms with Crippen LogP contribution in [0.25, 0.3) is 0 Å². The minimum absolute atomic E-state index is 0.444. The van der Waals surface area contributed by atoms with E-state index in [1.165, 1.54) is 10.6 Å². The molecule has 0 spiro atoms. The minimum Gasteiger partial charge on any atom is -0.354 e. The highest BCUT2D eigenvalue weighted by molar-refractivity contribution is 7.88. The molecule has 0 N–H and O–H groups in total. The highest BCUT2D eigenvalue weighted by Gasteiger charge is 2.22. The van der Waals surface area contributed by atoms with Crippen LogP contribution in [0, 0.1) is 0 Å². The second-order valence-corrected chi connectivity index (χ2v) is 7.29. The largest absolute Gasteiger partial charge is 0.354 e. The molecule has 0 atom stereocenters. The van der Waals surface area contributed by atoms with Gasteiger partial charge in [-0.2, -0.15) is 0 Å². The smallest absolute Gasteiger partial charge is 0.211 e. The Balaban J connectivity index is 2.15. The van der Waals surface area contributed by atoms with Crippen LogP contribution in [-0.2, 0) is 10.0 Å². The number of halogens is 2. The summed E-state index contributed by atoms with van der Waals surface area (Å²) in [6.07, 6.45) is 3.52. The van der Waals surface area contributed by atoms with Gasteiger partial charge in [0.05, 0.1) is 16.3 Å². The molecular formula is C11H15Cl2N3O2S. The van der Waals surface area contributed by atoms with Gasteiger partial charge in [0.2, 0.25) is 10.0 Å². The van der Waals surface area contributed by atoms with E-state index in [4.69, 9.17) is 23.2 Å². The van der Waals surface area contributed by atoms with Crippen LogP contribution < -0.4 is 4.90 Å². The van der Waals surface area contributed by atoms with Crippen LogP contribution in [0.3, 0.4) is 0 Å². The molecule has 0 aliphatic carbocycles. The van der Waals surface area contributed by atoms with Crippen molar-refractivity contribution in [3.63, 3.8) is 0 Å². The second kappa shape index (κ2) is 5.83. The van der Waals surface area contributed by atoms with Crippen molar-refractivity contribution in [1.29, 1.82) is 0 Å². The number of anilines is 1. The van der Waals surface area contributed by atoms with Gasteiger partial charge in [-0.1, -0.05) is 23.2 Å². The van der Waals surface area contributed by atoms with E-state index in [0.29, 0.717) is 35.5 Å². The summed E-state index contributed by atoms with van der Waals surface area (Å²) in [5.74, 6) is 0.654. The lowest BCUT2D eigenvalue weighted by Gasteiger charge is -2.22. The molecule has 8 heteroatoms. The van der Waals surface area contributed by atoms with Crippen molar-refractivity contribution in [2.75, 3.05) is 37.3 Å². The van der Waals surface area contributed by atoms with Crippen LogP contribution in [0.1, 0.15) is 6.42 Å². The van der Waals surface area contributed by atoms with Crippen LogP contribution in [-0.4, -0.2) is 50.1 Å². The van der Waals surface area contributed by atoms with E-state index >= 15 is 0 Å². The van der Waals surface area contributed by atoms with Gasteiger partial charge in [-0.15, -0.1) is 0 Å². The lowest BCUT2D eigenvalue weighted by Crippen LogP contribution is -2.34. The fourth-order valence-electron chi connectivity index (χ4n) is 2.08. The lowest BCUT2D eigenvalue weighted by molar-refractivity contribution is 0.437. The van der Waals surface area contributed by atoms with Gasteiger partial charge in [0, 0.05) is 32.4 Å². The van der Waals surface area contributed by atoms with E-state index in [1.54, 1.807) is 12.3 Å². The van der Waals surface area contributed by atoms with Crippen molar-refractivity contribution in [3.05, 3.63) is 22.3 Å². The highest BCUT2D eigenvalue weighted by atomic mass is 35.5. The molecule has 1 fully saturated rings. The Kier molecular flexibility index (Phi) is 4.55. The first-order valence-electron chi connectivity index (χ1n) is 5.89. The number of hydrogen-bond donors (Lipinski definition) is 0. The topological polar surface area (TPSA) is 53.5 Å². The molecule has 1 aromatic rings. The molecule has 2 rings (SSSR count). The van der Waals surface area contributed by atoms with Crippen molar-refractivity contribution in [2.45, 2.75) is 6.42 Å². The molecule has 0 amide bonds. The van der Waals surface area contributed by atoms with E-state index in [9.17, 15) is 8.42 Å². The maximum absolute atomic E-state index is 11.5. The summed E-state index contributed by atoms with van der Waals surface area (Å²) < 4.78 is 24.6. The number of aromatic nitrogens is 1. The molecule has 106 valence electrons. The van der Waals surface area contributed by atoms with E-state index in [0.717, 1.165) is 13.0 Å². The molecule has 0 radical (unpaired) electrons. The van der Waals surface area contributed by atoms with Crippen molar-refractivity contribution >= 4 is 39.0 Å². The fourth-order valence-corrected chi connectivity index (χ4v) is 3.45. The first-order valence-corrected chi connectivity index (χ1v) is 8.49. The zero-order valence-corrected chi connectivity index (χ0v) is 12.8. The van der Waals surface area contributed by atoms with Crippen LogP contribution in [0.5, 0.6) is 0 Å². The highest BCUT2D eigenvalue weighted by Crippen LogP contribution is 2.26. The predicted molar refractivity (Wildman–Crippen MR) is 77.5 cm³/mol. The van der Waals surface area contributed by atoms with E-state index < -0.39 is 10.0 Å². The van der Waals surface area contributed by atoms with Gasteiger partial charge in [0.1, 0.15) is 5.82 Å². The van der Waals surface area contributed by atoms with Crippen molar-refractivity contribution in [1.82, 2.24) is 9.29 Å². The van der Waals surface area contributed by atoms with Crippen LogP contribution >= 0.6 is 23.2 Å². The summed E-state index contributed by atoms with van der Waals surface area (Å²) in [6.45, 7) is 2.27. The molecule has 5 nitrogen and oxygen atoms in total. The lowest BCUT2D eigenvalue weighted by atomic mass is 10.3. The standard InChI is InChI=1S/C11H15Cl2N3O2S/c1-19(17,18)16-4-2-3-15(5-6-16)11-10(13)7-9(12)8-14-11/h7-8H,2-6H2,1H3. The summed E-state index contributed by atoms with van der Waals surface area (Å²) in [5, 5.41) is 0.974. The fraction of sp³-hybridized carbons (Fsp3) is 0.545. The van der Waals surface area contributed by atoms with Gasteiger partial charge >= 0.3 is 0 Å². The molecule has 19 heavy (non-hydrogen) atoms. The third-order valence-electron chi connectivity index (χ3n) is 3.01. The number of pyridine rings is 1. The Bertz CT molecular complexity index is 565. The molecule has 2 heterocycles. The van der Waals surface area contributed by atoms with E-state index in [-0.39, 0.29) is 0 Å². The Hall–Kier alpha value is -0.560. The molecular weight excluding hydrogens is 309 g/mol. The monoisotopic (exact) mass is 323 g/mol. The summed E-state index contributed by atoms with van der Waals surface area (Å²) in [4.78, 5) is 6.21. The zero-order chi connectivity index (χ0) is 14.0. The Labute approximate surface area is 123 Å². The molecule has 0 bridgehead atoms. The number of sulfonamides is 1. The van der Waals surface area contributed by atoms with Gasteiger partial charge in [0.15, 0.2) is 0 Å². The second-order valence-electron chi connectivity index (χ2n) is 4.46. The van der Waals surface area contributed by atoms with Crippen LogP contribution in [0.2, 0.25) is 10.0 Å². The maximum atomic E-state index is 11.5. The minimum atomic E-state index is -3.14. The quantitative estimate of drug-likeness (QED) is 0.833. The molecule has 0 saturated carbocycles. The molecule has 1 aromatic heterocycles.